The van der Waals surface area contributed by atoms with Crippen molar-refractivity contribution in [2.75, 3.05) is 13.7 Å². The van der Waals surface area contributed by atoms with Crippen LogP contribution in [-0.4, -0.2) is 47.9 Å². The van der Waals surface area contributed by atoms with E-state index in [9.17, 15) is 14.4 Å². The number of imide groups is 1. The highest BCUT2D eigenvalue weighted by atomic mass is 16.5. The minimum absolute atomic E-state index is 0.0525. The van der Waals surface area contributed by atoms with Gasteiger partial charge in [0.1, 0.15) is 5.54 Å². The summed E-state index contributed by atoms with van der Waals surface area (Å²) in [6, 6.07) is 0.271. The molecule has 1 heterocycles. The number of likely N-dealkylation sites (tertiary alicyclic amines) is 1. The number of carbonyl (C=O) groups excluding carboxylic acids is 3. The highest BCUT2D eigenvalue weighted by Gasteiger charge is 2.72. The van der Waals surface area contributed by atoms with E-state index in [1.807, 2.05) is 13.8 Å². The van der Waals surface area contributed by atoms with Crippen LogP contribution < -0.4 is 5.32 Å². The molecule has 1 aliphatic heterocycles. The highest BCUT2D eigenvalue weighted by molar-refractivity contribution is 6.10. The molecule has 1 N–H and O–H groups in total. The van der Waals surface area contributed by atoms with Gasteiger partial charge in [-0.3, -0.25) is 19.8 Å². The monoisotopic (exact) mass is 294 g/mol. The van der Waals surface area contributed by atoms with Crippen LogP contribution in [-0.2, 0) is 19.1 Å². The standard InChI is InChI=1S/C15H22N2O4/c1-14(2)9-10(14)12(19)17(11(9)18)7-15(3,13(20)21-4)16-8-5-6-8/h8-10,16H,5-7H2,1-4H3. The smallest absolute Gasteiger partial charge is 0.327 e. The van der Waals surface area contributed by atoms with Crippen molar-refractivity contribution in [2.24, 2.45) is 17.3 Å². The van der Waals surface area contributed by atoms with E-state index in [1.165, 1.54) is 12.0 Å². The molecule has 3 rings (SSSR count). The van der Waals surface area contributed by atoms with Gasteiger partial charge in [-0.05, 0) is 25.2 Å². The number of methoxy groups -OCH3 is 1. The van der Waals surface area contributed by atoms with E-state index in [0.29, 0.717) is 0 Å². The van der Waals surface area contributed by atoms with Gasteiger partial charge in [0.2, 0.25) is 11.8 Å². The number of esters is 1. The average molecular weight is 294 g/mol. The second kappa shape index (κ2) is 4.29. The van der Waals surface area contributed by atoms with Gasteiger partial charge in [0.15, 0.2) is 0 Å². The van der Waals surface area contributed by atoms with Crippen LogP contribution in [0.2, 0.25) is 0 Å². The van der Waals surface area contributed by atoms with Gasteiger partial charge < -0.3 is 4.74 Å². The van der Waals surface area contributed by atoms with E-state index >= 15 is 0 Å². The summed E-state index contributed by atoms with van der Waals surface area (Å²) in [4.78, 5) is 38.1. The lowest BCUT2D eigenvalue weighted by molar-refractivity contribution is -0.152. The zero-order valence-corrected chi connectivity index (χ0v) is 12.9. The molecule has 0 radical (unpaired) electrons. The number of carbonyl (C=O) groups is 3. The molecule has 21 heavy (non-hydrogen) atoms. The summed E-state index contributed by atoms with van der Waals surface area (Å²) < 4.78 is 4.85. The zero-order chi connectivity index (χ0) is 15.6. The lowest BCUT2D eigenvalue weighted by Gasteiger charge is -2.33. The topological polar surface area (TPSA) is 75.7 Å². The molecule has 6 heteroatoms. The molecule has 6 nitrogen and oxygen atoms in total. The molecule has 0 spiro atoms. The van der Waals surface area contributed by atoms with Crippen molar-refractivity contribution in [2.45, 2.75) is 45.2 Å². The van der Waals surface area contributed by atoms with Crippen molar-refractivity contribution in [3.63, 3.8) is 0 Å². The first-order valence-corrected chi connectivity index (χ1v) is 7.43. The molecule has 2 amide bonds. The Balaban J connectivity index is 1.76. The second-order valence-corrected chi connectivity index (χ2v) is 7.28. The van der Waals surface area contributed by atoms with Gasteiger partial charge in [0.25, 0.3) is 0 Å². The van der Waals surface area contributed by atoms with Gasteiger partial charge in [-0.1, -0.05) is 13.8 Å². The Morgan fingerprint density at radius 3 is 2.29 bits per heavy atom. The third-order valence-electron chi connectivity index (χ3n) is 5.10. The van der Waals surface area contributed by atoms with Gasteiger partial charge in [0, 0.05) is 6.04 Å². The molecule has 3 fully saturated rings. The maximum absolute atomic E-state index is 12.4. The molecular formula is C15H22N2O4. The Bertz CT molecular complexity index is 502. The normalized spacial score (nSPS) is 32.7. The van der Waals surface area contributed by atoms with Crippen molar-refractivity contribution < 1.29 is 19.1 Å². The van der Waals surface area contributed by atoms with E-state index in [2.05, 4.69) is 5.32 Å². The summed E-state index contributed by atoms with van der Waals surface area (Å²) >= 11 is 0. The number of hydrogen-bond donors (Lipinski definition) is 1. The Labute approximate surface area is 124 Å². The Kier molecular flexibility index (Phi) is 2.96. The van der Waals surface area contributed by atoms with Gasteiger partial charge in [0.05, 0.1) is 25.5 Å². The molecule has 1 saturated heterocycles. The number of nitrogens with zero attached hydrogens (tertiary/aromatic N) is 1. The lowest BCUT2D eigenvalue weighted by Crippen LogP contribution is -2.59. The van der Waals surface area contributed by atoms with Gasteiger partial charge >= 0.3 is 5.97 Å². The maximum atomic E-state index is 12.4. The maximum Gasteiger partial charge on any atom is 0.327 e. The van der Waals surface area contributed by atoms with Crippen LogP contribution in [0.15, 0.2) is 0 Å². The number of nitrogens with one attached hydrogen (secondary N) is 1. The SMILES string of the molecule is COC(=O)C(C)(CN1C(=O)C2C(C1=O)C2(C)C)NC1CC1. The average Bonchev–Trinajstić information content (AvgIpc) is 3.28. The number of piperidine rings is 1. The predicted molar refractivity (Wildman–Crippen MR) is 74.1 cm³/mol. The molecule has 2 saturated carbocycles. The third-order valence-corrected chi connectivity index (χ3v) is 5.10. The van der Waals surface area contributed by atoms with Gasteiger partial charge in [-0.25, -0.2) is 4.79 Å². The highest BCUT2D eigenvalue weighted by Crippen LogP contribution is 2.63. The molecule has 0 bridgehead atoms. The summed E-state index contributed by atoms with van der Waals surface area (Å²) in [6.45, 7) is 5.64. The van der Waals surface area contributed by atoms with E-state index in [-0.39, 0.29) is 41.7 Å². The molecule has 0 aromatic heterocycles. The van der Waals surface area contributed by atoms with Gasteiger partial charge in [-0.2, -0.15) is 0 Å². The quantitative estimate of drug-likeness (QED) is 0.583. The van der Waals surface area contributed by atoms with Crippen molar-refractivity contribution >= 4 is 17.8 Å². The summed E-state index contributed by atoms with van der Waals surface area (Å²) in [5.74, 6) is -1.17. The fourth-order valence-corrected chi connectivity index (χ4v) is 3.55. The number of hydrogen-bond acceptors (Lipinski definition) is 5. The molecule has 3 atom stereocenters. The van der Waals surface area contributed by atoms with Crippen LogP contribution in [0.3, 0.4) is 0 Å². The fourth-order valence-electron chi connectivity index (χ4n) is 3.55. The summed E-state index contributed by atoms with van der Waals surface area (Å²) in [6.07, 6.45) is 2.01. The Hall–Kier alpha value is -1.43. The fraction of sp³-hybridized carbons (Fsp3) is 0.800. The zero-order valence-electron chi connectivity index (χ0n) is 12.9. The van der Waals surface area contributed by atoms with Crippen LogP contribution in [0.5, 0.6) is 0 Å². The molecule has 2 aliphatic carbocycles. The van der Waals surface area contributed by atoms with E-state index < -0.39 is 11.5 Å². The largest absolute Gasteiger partial charge is 0.468 e. The third kappa shape index (κ3) is 2.08. The number of rotatable bonds is 5. The van der Waals surface area contributed by atoms with E-state index in [1.54, 1.807) is 6.92 Å². The minimum Gasteiger partial charge on any atom is -0.468 e. The van der Waals surface area contributed by atoms with Crippen molar-refractivity contribution in [1.82, 2.24) is 10.2 Å². The Morgan fingerprint density at radius 1 is 1.33 bits per heavy atom. The minimum atomic E-state index is -1.03. The van der Waals surface area contributed by atoms with Crippen LogP contribution in [0.25, 0.3) is 0 Å². The first kappa shape index (κ1) is 14.5. The molecule has 0 aromatic rings. The predicted octanol–water partition coefficient (Wildman–Crippen LogP) is 0.311. The molecule has 3 aliphatic rings. The molecule has 0 aromatic carbocycles. The number of amides is 2. The molecule has 3 unspecified atom stereocenters. The van der Waals surface area contributed by atoms with E-state index in [0.717, 1.165) is 12.8 Å². The van der Waals surface area contributed by atoms with Crippen LogP contribution in [0.1, 0.15) is 33.6 Å². The Morgan fingerprint density at radius 2 is 1.86 bits per heavy atom. The van der Waals surface area contributed by atoms with Crippen molar-refractivity contribution in [1.29, 1.82) is 0 Å². The number of ether oxygens (including phenoxy) is 1. The first-order valence-electron chi connectivity index (χ1n) is 7.43. The lowest BCUT2D eigenvalue weighted by atomic mass is 9.99. The second-order valence-electron chi connectivity index (χ2n) is 7.28. The first-order chi connectivity index (χ1) is 9.72. The summed E-state index contributed by atoms with van der Waals surface area (Å²) in [5.41, 5.74) is -1.25. The van der Waals surface area contributed by atoms with Crippen molar-refractivity contribution in [3.05, 3.63) is 0 Å². The van der Waals surface area contributed by atoms with Crippen LogP contribution in [0.4, 0.5) is 0 Å². The molecule has 116 valence electrons. The van der Waals surface area contributed by atoms with Gasteiger partial charge in [-0.15, -0.1) is 0 Å². The van der Waals surface area contributed by atoms with Crippen LogP contribution in [0, 0.1) is 17.3 Å². The van der Waals surface area contributed by atoms with E-state index in [4.69, 9.17) is 4.74 Å². The summed E-state index contributed by atoms with van der Waals surface area (Å²) in [7, 11) is 1.32. The van der Waals surface area contributed by atoms with Crippen LogP contribution >= 0.6 is 0 Å². The number of fused-ring (bicyclic) bond motifs is 1. The molecular weight excluding hydrogens is 272 g/mol. The van der Waals surface area contributed by atoms with Crippen molar-refractivity contribution in [3.8, 4) is 0 Å². The summed E-state index contributed by atoms with van der Waals surface area (Å²) in [5, 5.41) is 3.22.